The molecule has 2 heterocycles. The highest BCUT2D eigenvalue weighted by Gasteiger charge is 2.19. The predicted molar refractivity (Wildman–Crippen MR) is 87.2 cm³/mol. The van der Waals surface area contributed by atoms with Crippen LogP contribution in [0.4, 0.5) is 0 Å². The summed E-state index contributed by atoms with van der Waals surface area (Å²) in [6.45, 7) is 7.10. The summed E-state index contributed by atoms with van der Waals surface area (Å²) in [7, 11) is 1.97. The first-order valence-corrected chi connectivity index (χ1v) is 8.02. The van der Waals surface area contributed by atoms with Gasteiger partial charge < -0.3 is 5.32 Å². The molecule has 114 valence electrons. The lowest BCUT2D eigenvalue weighted by Gasteiger charge is -2.17. The van der Waals surface area contributed by atoms with Crippen LogP contribution < -0.4 is 5.32 Å². The van der Waals surface area contributed by atoms with Crippen LogP contribution in [0.1, 0.15) is 42.2 Å². The summed E-state index contributed by atoms with van der Waals surface area (Å²) in [5.74, 6) is 0.833. The largest absolute Gasteiger partial charge is 0.307 e. The van der Waals surface area contributed by atoms with Crippen molar-refractivity contribution >= 4 is 15.9 Å². The molecule has 1 atom stereocenters. The van der Waals surface area contributed by atoms with Crippen molar-refractivity contribution in [2.24, 2.45) is 7.05 Å². The highest BCUT2D eigenvalue weighted by atomic mass is 79.9. The second kappa shape index (κ2) is 7.13. The monoisotopic (exact) mass is 351 g/mol. The Morgan fingerprint density at radius 3 is 2.48 bits per heavy atom. The number of aryl methyl sites for hydroxylation is 3. The molecule has 0 fully saturated rings. The molecule has 6 heteroatoms. The third kappa shape index (κ3) is 3.89. The van der Waals surface area contributed by atoms with E-state index >= 15 is 0 Å². The summed E-state index contributed by atoms with van der Waals surface area (Å²) in [6.07, 6.45) is 5.62. The molecule has 0 radical (unpaired) electrons. The molecule has 0 aromatic carbocycles. The highest BCUT2D eigenvalue weighted by molar-refractivity contribution is 9.10. The minimum Gasteiger partial charge on any atom is -0.307 e. The normalized spacial score (nSPS) is 12.6. The topological polar surface area (TPSA) is 55.6 Å². The van der Waals surface area contributed by atoms with Gasteiger partial charge in [0.15, 0.2) is 0 Å². The molecule has 0 amide bonds. The smallest absolute Gasteiger partial charge is 0.145 e. The van der Waals surface area contributed by atoms with Gasteiger partial charge in [0.05, 0.1) is 21.9 Å². The van der Waals surface area contributed by atoms with Crippen molar-refractivity contribution in [2.75, 3.05) is 6.54 Å². The van der Waals surface area contributed by atoms with Crippen molar-refractivity contribution in [3.63, 3.8) is 0 Å². The summed E-state index contributed by atoms with van der Waals surface area (Å²) in [4.78, 5) is 8.95. The summed E-state index contributed by atoms with van der Waals surface area (Å²) in [6, 6.07) is 0.0941. The van der Waals surface area contributed by atoms with E-state index in [-0.39, 0.29) is 6.04 Å². The lowest BCUT2D eigenvalue weighted by molar-refractivity contribution is 0.489. The predicted octanol–water partition coefficient (Wildman–Crippen LogP) is 2.87. The van der Waals surface area contributed by atoms with Crippen LogP contribution >= 0.6 is 15.9 Å². The van der Waals surface area contributed by atoms with Crippen LogP contribution in [0.2, 0.25) is 0 Å². The minimum atomic E-state index is 0.0941. The van der Waals surface area contributed by atoms with E-state index in [0.29, 0.717) is 0 Å². The van der Waals surface area contributed by atoms with Crippen molar-refractivity contribution in [1.82, 2.24) is 25.1 Å². The fraction of sp³-hybridized carbons (Fsp3) is 0.533. The maximum Gasteiger partial charge on any atom is 0.145 e. The molecule has 2 aromatic heterocycles. The van der Waals surface area contributed by atoms with E-state index in [1.54, 1.807) is 0 Å². The third-order valence-corrected chi connectivity index (χ3v) is 4.44. The molecule has 0 aliphatic heterocycles. The van der Waals surface area contributed by atoms with E-state index in [9.17, 15) is 0 Å². The number of rotatable bonds is 6. The maximum atomic E-state index is 4.48. The van der Waals surface area contributed by atoms with E-state index in [0.717, 1.165) is 46.6 Å². The number of hydrogen-bond donors (Lipinski definition) is 1. The lowest BCUT2D eigenvalue weighted by atomic mass is 10.1. The van der Waals surface area contributed by atoms with Crippen LogP contribution in [0.5, 0.6) is 0 Å². The SMILES string of the molecule is CCCNC(Cc1c(Br)c(C)nn1C)c1ncc(C)cn1. The summed E-state index contributed by atoms with van der Waals surface area (Å²) in [5.41, 5.74) is 3.24. The fourth-order valence-electron chi connectivity index (χ4n) is 2.25. The molecular formula is C15H22BrN5. The number of halogens is 1. The second-order valence-corrected chi connectivity index (χ2v) is 6.09. The molecule has 0 aliphatic carbocycles. The minimum absolute atomic E-state index is 0.0941. The van der Waals surface area contributed by atoms with Crippen LogP contribution in [0.3, 0.4) is 0 Å². The Kier molecular flexibility index (Phi) is 5.47. The van der Waals surface area contributed by atoms with Gasteiger partial charge >= 0.3 is 0 Å². The van der Waals surface area contributed by atoms with Crippen molar-refractivity contribution in [1.29, 1.82) is 0 Å². The van der Waals surface area contributed by atoms with Gasteiger partial charge in [0, 0.05) is 25.9 Å². The number of nitrogens with zero attached hydrogens (tertiary/aromatic N) is 4. The molecule has 0 bridgehead atoms. The van der Waals surface area contributed by atoms with Gasteiger partial charge in [-0.2, -0.15) is 5.10 Å². The van der Waals surface area contributed by atoms with Gasteiger partial charge in [0.1, 0.15) is 5.82 Å². The first-order valence-electron chi connectivity index (χ1n) is 7.22. The van der Waals surface area contributed by atoms with Gasteiger partial charge in [-0.15, -0.1) is 0 Å². The lowest BCUT2D eigenvalue weighted by Crippen LogP contribution is -2.26. The number of aromatic nitrogens is 4. The molecule has 0 aliphatic rings. The highest BCUT2D eigenvalue weighted by Crippen LogP contribution is 2.24. The molecule has 0 saturated heterocycles. The standard InChI is InChI=1S/C15H22BrN5/c1-5-6-17-12(15-18-8-10(2)9-19-15)7-13-14(16)11(3)20-21(13)4/h8-9,12,17H,5-7H2,1-4H3. The zero-order valence-corrected chi connectivity index (χ0v) is 14.6. The summed E-state index contributed by atoms with van der Waals surface area (Å²) >= 11 is 3.63. The molecule has 2 rings (SSSR count). The van der Waals surface area contributed by atoms with Gasteiger partial charge in [-0.1, -0.05) is 6.92 Å². The zero-order valence-electron chi connectivity index (χ0n) is 13.0. The zero-order chi connectivity index (χ0) is 15.4. The van der Waals surface area contributed by atoms with Crippen LogP contribution in [-0.2, 0) is 13.5 Å². The summed E-state index contributed by atoms with van der Waals surface area (Å²) in [5, 5.41) is 7.98. The van der Waals surface area contributed by atoms with Gasteiger partial charge in [0.25, 0.3) is 0 Å². The Bertz CT molecular complexity index is 591. The van der Waals surface area contributed by atoms with Crippen LogP contribution in [0.15, 0.2) is 16.9 Å². The molecule has 1 unspecified atom stereocenters. The quantitative estimate of drug-likeness (QED) is 0.869. The van der Waals surface area contributed by atoms with E-state index < -0.39 is 0 Å². The Morgan fingerprint density at radius 2 is 1.95 bits per heavy atom. The maximum absolute atomic E-state index is 4.48. The van der Waals surface area contributed by atoms with E-state index in [1.807, 2.05) is 38.0 Å². The summed E-state index contributed by atoms with van der Waals surface area (Å²) < 4.78 is 2.99. The average molecular weight is 352 g/mol. The third-order valence-electron chi connectivity index (χ3n) is 3.41. The van der Waals surface area contributed by atoms with Crippen molar-refractivity contribution < 1.29 is 0 Å². The van der Waals surface area contributed by atoms with Crippen LogP contribution in [-0.4, -0.2) is 26.3 Å². The molecule has 5 nitrogen and oxygen atoms in total. The van der Waals surface area contributed by atoms with E-state index in [2.05, 4.69) is 43.2 Å². The number of hydrogen-bond acceptors (Lipinski definition) is 4. The Labute approximate surface area is 134 Å². The van der Waals surface area contributed by atoms with Crippen molar-refractivity contribution in [3.8, 4) is 0 Å². The first kappa shape index (κ1) is 16.1. The average Bonchev–Trinajstić information content (AvgIpc) is 2.70. The second-order valence-electron chi connectivity index (χ2n) is 5.30. The van der Waals surface area contributed by atoms with Gasteiger partial charge in [-0.25, -0.2) is 9.97 Å². The van der Waals surface area contributed by atoms with Crippen molar-refractivity contribution in [2.45, 2.75) is 39.7 Å². The molecule has 21 heavy (non-hydrogen) atoms. The fourth-order valence-corrected chi connectivity index (χ4v) is 2.75. The van der Waals surface area contributed by atoms with Crippen LogP contribution in [0, 0.1) is 13.8 Å². The van der Waals surface area contributed by atoms with Crippen LogP contribution in [0.25, 0.3) is 0 Å². The Balaban J connectivity index is 2.25. The van der Waals surface area contributed by atoms with Crippen molar-refractivity contribution in [3.05, 3.63) is 39.6 Å². The molecular weight excluding hydrogens is 330 g/mol. The molecule has 2 aromatic rings. The molecule has 0 spiro atoms. The molecule has 1 N–H and O–H groups in total. The van der Waals surface area contributed by atoms with Gasteiger partial charge in [-0.3, -0.25) is 4.68 Å². The number of nitrogens with one attached hydrogen (secondary N) is 1. The van der Waals surface area contributed by atoms with E-state index in [4.69, 9.17) is 0 Å². The van der Waals surface area contributed by atoms with Gasteiger partial charge in [-0.05, 0) is 48.3 Å². The van der Waals surface area contributed by atoms with Gasteiger partial charge in [0.2, 0.25) is 0 Å². The van der Waals surface area contributed by atoms with E-state index in [1.165, 1.54) is 0 Å². The first-order chi connectivity index (χ1) is 10.0. The Morgan fingerprint density at radius 1 is 1.29 bits per heavy atom. The molecule has 0 saturated carbocycles. The Hall–Kier alpha value is -1.27.